The average molecular weight is 175 g/mol. The number of pyridine rings is 1. The summed E-state index contributed by atoms with van der Waals surface area (Å²) in [4.78, 5) is 14.4. The number of carboxylic acid groups (broad SMARTS) is 1. The van der Waals surface area contributed by atoms with Crippen LogP contribution in [0.2, 0.25) is 0 Å². The summed E-state index contributed by atoms with van der Waals surface area (Å²) in [5.74, 6) is 4.64. The molecule has 0 radical (unpaired) electrons. The Hall–Kier alpha value is -1.82. The molecule has 1 N–H and O–H groups in total. The summed E-state index contributed by atoms with van der Waals surface area (Å²) < 4.78 is 0. The van der Waals surface area contributed by atoms with Crippen molar-refractivity contribution in [3.8, 4) is 11.8 Å². The molecule has 1 aromatic rings. The molecule has 0 amide bonds. The van der Waals surface area contributed by atoms with Crippen LogP contribution < -0.4 is 0 Å². The monoisotopic (exact) mass is 175 g/mol. The van der Waals surface area contributed by atoms with Gasteiger partial charge in [-0.2, -0.15) is 0 Å². The fourth-order valence-corrected chi connectivity index (χ4v) is 0.835. The van der Waals surface area contributed by atoms with Crippen LogP contribution in [0.15, 0.2) is 18.3 Å². The first kappa shape index (κ1) is 9.27. The predicted molar refractivity (Wildman–Crippen MR) is 48.4 cm³/mol. The van der Waals surface area contributed by atoms with E-state index >= 15 is 0 Å². The topological polar surface area (TPSA) is 50.2 Å². The molecule has 3 heteroatoms. The second-order valence-corrected chi connectivity index (χ2v) is 2.45. The van der Waals surface area contributed by atoms with Crippen LogP contribution in [0.4, 0.5) is 0 Å². The Morgan fingerprint density at radius 1 is 1.62 bits per heavy atom. The van der Waals surface area contributed by atoms with Crippen molar-refractivity contribution in [1.29, 1.82) is 0 Å². The predicted octanol–water partition coefficient (Wildman–Crippen LogP) is 1.35. The van der Waals surface area contributed by atoms with Gasteiger partial charge in [0.15, 0.2) is 0 Å². The highest BCUT2D eigenvalue weighted by atomic mass is 16.4. The zero-order chi connectivity index (χ0) is 9.68. The Labute approximate surface area is 76.4 Å². The van der Waals surface area contributed by atoms with Crippen LogP contribution in [0.5, 0.6) is 0 Å². The van der Waals surface area contributed by atoms with Gasteiger partial charge in [0.05, 0.1) is 17.7 Å². The molecule has 0 saturated carbocycles. The fourth-order valence-electron chi connectivity index (χ4n) is 0.835. The van der Waals surface area contributed by atoms with Crippen LogP contribution in [0, 0.1) is 11.8 Å². The normalized spacial score (nSPS) is 8.69. The molecule has 0 unspecified atom stereocenters. The molecule has 0 aliphatic carbocycles. The van der Waals surface area contributed by atoms with Gasteiger partial charge in [-0.25, -0.2) is 4.79 Å². The second-order valence-electron chi connectivity index (χ2n) is 2.45. The lowest BCUT2D eigenvalue weighted by Gasteiger charge is -1.95. The fraction of sp³-hybridized carbons (Fsp3) is 0.200. The molecule has 0 aliphatic rings. The van der Waals surface area contributed by atoms with Gasteiger partial charge >= 0.3 is 5.97 Å². The van der Waals surface area contributed by atoms with Gasteiger partial charge in [-0.15, -0.1) is 5.92 Å². The summed E-state index contributed by atoms with van der Waals surface area (Å²) >= 11 is 0. The van der Waals surface area contributed by atoms with E-state index in [0.29, 0.717) is 6.42 Å². The summed E-state index contributed by atoms with van der Waals surface area (Å²) in [5.41, 5.74) is 0.993. The third-order valence-electron chi connectivity index (χ3n) is 1.52. The number of carboxylic acids is 1. The molecule has 66 valence electrons. The second kappa shape index (κ2) is 4.27. The molecule has 0 fully saturated rings. The Morgan fingerprint density at radius 2 is 2.38 bits per heavy atom. The Morgan fingerprint density at radius 3 is 2.85 bits per heavy atom. The summed E-state index contributed by atoms with van der Waals surface area (Å²) in [6.07, 6.45) is 1.91. The number of rotatable bonds is 2. The molecular weight excluding hydrogens is 166 g/mol. The first-order valence-electron chi connectivity index (χ1n) is 3.82. The maximum atomic E-state index is 10.5. The van der Waals surface area contributed by atoms with Crippen molar-refractivity contribution < 1.29 is 9.90 Å². The van der Waals surface area contributed by atoms with Gasteiger partial charge in [0.25, 0.3) is 0 Å². The van der Waals surface area contributed by atoms with Crippen molar-refractivity contribution in [3.63, 3.8) is 0 Å². The zero-order valence-electron chi connectivity index (χ0n) is 7.24. The largest absolute Gasteiger partial charge is 0.478 e. The molecule has 3 nitrogen and oxygen atoms in total. The van der Waals surface area contributed by atoms with Gasteiger partial charge in [0.2, 0.25) is 0 Å². The van der Waals surface area contributed by atoms with Crippen molar-refractivity contribution in [2.75, 3.05) is 0 Å². The molecule has 0 aromatic carbocycles. The lowest BCUT2D eigenvalue weighted by Crippen LogP contribution is -1.98. The van der Waals surface area contributed by atoms with Gasteiger partial charge in [0, 0.05) is 6.20 Å². The van der Waals surface area contributed by atoms with Crippen molar-refractivity contribution in [2.45, 2.75) is 13.3 Å². The molecule has 1 heterocycles. The quantitative estimate of drug-likeness (QED) is 0.690. The Bertz CT molecular complexity index is 357. The zero-order valence-corrected chi connectivity index (χ0v) is 7.24. The van der Waals surface area contributed by atoms with E-state index in [1.165, 1.54) is 12.3 Å². The minimum atomic E-state index is -0.958. The van der Waals surface area contributed by atoms with E-state index in [9.17, 15) is 4.79 Å². The SMILES string of the molecule is CC#CCc1ccc(C(=O)O)cn1. The lowest BCUT2D eigenvalue weighted by atomic mass is 10.2. The van der Waals surface area contributed by atoms with E-state index in [-0.39, 0.29) is 5.56 Å². The highest BCUT2D eigenvalue weighted by Gasteiger charge is 2.01. The third kappa shape index (κ3) is 2.60. The summed E-state index contributed by atoms with van der Waals surface area (Å²) in [7, 11) is 0. The number of hydrogen-bond donors (Lipinski definition) is 1. The first-order chi connectivity index (χ1) is 6.24. The highest BCUT2D eigenvalue weighted by Crippen LogP contribution is 2.00. The highest BCUT2D eigenvalue weighted by molar-refractivity contribution is 5.87. The number of carbonyl (C=O) groups is 1. The van der Waals surface area contributed by atoms with Crippen LogP contribution in [0.1, 0.15) is 23.0 Å². The molecule has 1 aromatic heterocycles. The standard InChI is InChI=1S/C10H9NO2/c1-2-3-4-9-6-5-8(7-11-9)10(12)13/h5-7H,4H2,1H3,(H,12,13). The van der Waals surface area contributed by atoms with Crippen LogP contribution in [0.25, 0.3) is 0 Å². The van der Waals surface area contributed by atoms with E-state index in [1.54, 1.807) is 13.0 Å². The smallest absolute Gasteiger partial charge is 0.337 e. The maximum Gasteiger partial charge on any atom is 0.337 e. The number of aromatic nitrogens is 1. The van der Waals surface area contributed by atoms with E-state index in [1.807, 2.05) is 0 Å². The van der Waals surface area contributed by atoms with E-state index in [0.717, 1.165) is 5.69 Å². The van der Waals surface area contributed by atoms with Crippen LogP contribution in [-0.4, -0.2) is 16.1 Å². The van der Waals surface area contributed by atoms with Gasteiger partial charge in [-0.05, 0) is 19.1 Å². The van der Waals surface area contributed by atoms with Gasteiger partial charge in [-0.1, -0.05) is 5.92 Å². The molecule has 0 aliphatic heterocycles. The minimum absolute atomic E-state index is 0.202. The molecule has 0 bridgehead atoms. The van der Waals surface area contributed by atoms with Crippen LogP contribution >= 0.6 is 0 Å². The molecule has 1 rings (SSSR count). The van der Waals surface area contributed by atoms with Crippen LogP contribution in [0.3, 0.4) is 0 Å². The molecular formula is C10H9NO2. The summed E-state index contributed by atoms with van der Waals surface area (Å²) in [6, 6.07) is 3.20. The number of hydrogen-bond acceptors (Lipinski definition) is 2. The molecule has 0 spiro atoms. The van der Waals surface area contributed by atoms with E-state index in [2.05, 4.69) is 16.8 Å². The van der Waals surface area contributed by atoms with Crippen molar-refractivity contribution in [3.05, 3.63) is 29.6 Å². The summed E-state index contributed by atoms with van der Waals surface area (Å²) in [6.45, 7) is 1.76. The summed E-state index contributed by atoms with van der Waals surface area (Å²) in [5, 5.41) is 8.58. The van der Waals surface area contributed by atoms with Gasteiger partial charge in [-0.3, -0.25) is 4.98 Å². The third-order valence-corrected chi connectivity index (χ3v) is 1.52. The lowest BCUT2D eigenvalue weighted by molar-refractivity contribution is 0.0696. The molecule has 0 saturated heterocycles. The van der Waals surface area contributed by atoms with E-state index < -0.39 is 5.97 Å². The molecule has 0 atom stereocenters. The van der Waals surface area contributed by atoms with Crippen molar-refractivity contribution in [1.82, 2.24) is 4.98 Å². The Kier molecular flexibility index (Phi) is 3.04. The number of nitrogens with zero attached hydrogens (tertiary/aromatic N) is 1. The van der Waals surface area contributed by atoms with Crippen molar-refractivity contribution in [2.24, 2.45) is 0 Å². The van der Waals surface area contributed by atoms with E-state index in [4.69, 9.17) is 5.11 Å². The van der Waals surface area contributed by atoms with Gasteiger partial charge in [0.1, 0.15) is 0 Å². The van der Waals surface area contributed by atoms with Gasteiger partial charge < -0.3 is 5.11 Å². The minimum Gasteiger partial charge on any atom is -0.478 e. The average Bonchev–Trinajstić information content (AvgIpc) is 2.15. The first-order valence-corrected chi connectivity index (χ1v) is 3.82. The molecule has 13 heavy (non-hydrogen) atoms. The van der Waals surface area contributed by atoms with Crippen LogP contribution in [-0.2, 0) is 6.42 Å². The van der Waals surface area contributed by atoms with Crippen molar-refractivity contribution >= 4 is 5.97 Å². The Balaban J connectivity index is 2.79. The maximum absolute atomic E-state index is 10.5. The number of aromatic carboxylic acids is 1.